The van der Waals surface area contributed by atoms with E-state index < -0.39 is 17.8 Å². The van der Waals surface area contributed by atoms with E-state index in [1.54, 1.807) is 11.3 Å². The summed E-state index contributed by atoms with van der Waals surface area (Å²) in [7, 11) is 0. The quantitative estimate of drug-likeness (QED) is 0.839. The molecule has 1 aliphatic carbocycles. The van der Waals surface area contributed by atoms with Gasteiger partial charge in [0.1, 0.15) is 0 Å². The molecule has 0 aromatic carbocycles. The van der Waals surface area contributed by atoms with Crippen molar-refractivity contribution in [1.29, 1.82) is 0 Å². The fourth-order valence-corrected chi connectivity index (χ4v) is 3.88. The minimum Gasteiger partial charge on any atom is -0.481 e. The number of carboxylic acids is 1. The van der Waals surface area contributed by atoms with Crippen LogP contribution in [0.5, 0.6) is 0 Å². The number of hydrogen-bond donors (Lipinski definition) is 2. The van der Waals surface area contributed by atoms with E-state index in [1.807, 2.05) is 32.9 Å². The number of carbonyl (C=O) groups is 2. The first kappa shape index (κ1) is 15.8. The Bertz CT molecular complexity index is 576. The number of carbonyl (C=O) groups excluding carboxylic acids is 1. The summed E-state index contributed by atoms with van der Waals surface area (Å²) in [6.45, 7) is 6.03. The number of aryl methyl sites for hydroxylation is 2. The molecule has 4 nitrogen and oxygen atoms in total. The Labute approximate surface area is 128 Å². The summed E-state index contributed by atoms with van der Waals surface area (Å²) in [4.78, 5) is 26.1. The molecule has 0 fully saturated rings. The Kier molecular flexibility index (Phi) is 4.83. The molecule has 0 aliphatic heterocycles. The molecule has 2 rings (SSSR count). The fourth-order valence-electron chi connectivity index (χ4n) is 2.86. The molecule has 1 amide bonds. The second-order valence-corrected chi connectivity index (χ2v) is 7.05. The van der Waals surface area contributed by atoms with Gasteiger partial charge in [-0.05, 0) is 45.2 Å². The van der Waals surface area contributed by atoms with Gasteiger partial charge in [0.25, 0.3) is 0 Å². The van der Waals surface area contributed by atoms with Gasteiger partial charge in [-0.15, -0.1) is 11.3 Å². The number of thiophene rings is 1. The summed E-state index contributed by atoms with van der Waals surface area (Å²) in [6, 6.07) is 1.99. The van der Waals surface area contributed by atoms with Crippen LogP contribution in [0.3, 0.4) is 0 Å². The SMILES string of the molecule is Cc1cc(C(C)NC(=O)[C@@H]2CC=CC[C@@H]2C(=O)O)c(C)s1. The average molecular weight is 307 g/mol. The molecule has 1 heterocycles. The molecule has 1 aliphatic rings. The number of allylic oxidation sites excluding steroid dienone is 2. The Hall–Kier alpha value is -1.62. The van der Waals surface area contributed by atoms with Crippen LogP contribution in [0.2, 0.25) is 0 Å². The first-order valence-corrected chi connectivity index (χ1v) is 7.97. The summed E-state index contributed by atoms with van der Waals surface area (Å²) in [5.74, 6) is -2.15. The number of aliphatic carboxylic acids is 1. The van der Waals surface area contributed by atoms with Gasteiger partial charge in [-0.25, -0.2) is 0 Å². The topological polar surface area (TPSA) is 66.4 Å². The highest BCUT2D eigenvalue weighted by Gasteiger charge is 2.34. The van der Waals surface area contributed by atoms with E-state index in [-0.39, 0.29) is 11.9 Å². The van der Waals surface area contributed by atoms with Crippen molar-refractivity contribution in [3.63, 3.8) is 0 Å². The standard InChI is InChI=1S/C16H21NO3S/c1-9-8-14(11(3)21-9)10(2)17-15(18)12-6-4-5-7-13(12)16(19)20/h4-5,8,10,12-13H,6-7H2,1-3H3,(H,17,18)(H,19,20)/t10?,12-,13+/m1/s1. The van der Waals surface area contributed by atoms with Gasteiger partial charge in [-0.2, -0.15) is 0 Å². The first-order valence-electron chi connectivity index (χ1n) is 7.15. The van der Waals surface area contributed by atoms with Crippen molar-refractivity contribution in [1.82, 2.24) is 5.32 Å². The van der Waals surface area contributed by atoms with Crippen molar-refractivity contribution in [2.75, 3.05) is 0 Å². The molecule has 2 N–H and O–H groups in total. The molecule has 3 atom stereocenters. The van der Waals surface area contributed by atoms with Crippen LogP contribution in [0, 0.1) is 25.7 Å². The third-order valence-electron chi connectivity index (χ3n) is 3.99. The highest BCUT2D eigenvalue weighted by atomic mass is 32.1. The van der Waals surface area contributed by atoms with Gasteiger partial charge in [-0.3, -0.25) is 9.59 Å². The van der Waals surface area contributed by atoms with E-state index in [1.165, 1.54) is 9.75 Å². The van der Waals surface area contributed by atoms with E-state index in [4.69, 9.17) is 0 Å². The van der Waals surface area contributed by atoms with Crippen LogP contribution in [0.25, 0.3) is 0 Å². The van der Waals surface area contributed by atoms with Crippen LogP contribution in [0.1, 0.15) is 41.1 Å². The molecule has 0 bridgehead atoms. The van der Waals surface area contributed by atoms with Crippen molar-refractivity contribution in [2.24, 2.45) is 11.8 Å². The second kappa shape index (κ2) is 6.43. The normalized spacial score (nSPS) is 22.8. The zero-order valence-electron chi connectivity index (χ0n) is 12.6. The fraction of sp³-hybridized carbons (Fsp3) is 0.500. The van der Waals surface area contributed by atoms with E-state index >= 15 is 0 Å². The van der Waals surface area contributed by atoms with Crippen LogP contribution >= 0.6 is 11.3 Å². The predicted octanol–water partition coefficient (Wildman–Crippen LogP) is 3.21. The summed E-state index contributed by atoms with van der Waals surface area (Å²) in [6.07, 6.45) is 4.67. The van der Waals surface area contributed by atoms with Crippen LogP contribution in [-0.4, -0.2) is 17.0 Å². The maximum absolute atomic E-state index is 12.4. The number of rotatable bonds is 4. The van der Waals surface area contributed by atoms with Crippen molar-refractivity contribution < 1.29 is 14.7 Å². The second-order valence-electron chi connectivity index (χ2n) is 5.59. The zero-order chi connectivity index (χ0) is 15.6. The molecule has 21 heavy (non-hydrogen) atoms. The Morgan fingerprint density at radius 3 is 2.43 bits per heavy atom. The van der Waals surface area contributed by atoms with Crippen LogP contribution in [0.15, 0.2) is 18.2 Å². The lowest BCUT2D eigenvalue weighted by molar-refractivity contribution is -0.147. The minimum absolute atomic E-state index is 0.0946. The molecular formula is C16H21NO3S. The molecular weight excluding hydrogens is 286 g/mol. The Balaban J connectivity index is 2.08. The first-order chi connectivity index (χ1) is 9.90. The Morgan fingerprint density at radius 2 is 1.90 bits per heavy atom. The van der Waals surface area contributed by atoms with Gasteiger partial charge >= 0.3 is 5.97 Å². The smallest absolute Gasteiger partial charge is 0.307 e. The van der Waals surface area contributed by atoms with E-state index in [0.29, 0.717) is 12.8 Å². The molecule has 114 valence electrons. The van der Waals surface area contributed by atoms with Gasteiger partial charge in [0, 0.05) is 9.75 Å². The molecule has 0 spiro atoms. The summed E-state index contributed by atoms with van der Waals surface area (Å²) < 4.78 is 0. The molecule has 1 aromatic rings. The van der Waals surface area contributed by atoms with Crippen molar-refractivity contribution >= 4 is 23.2 Å². The maximum atomic E-state index is 12.4. The largest absolute Gasteiger partial charge is 0.481 e. The van der Waals surface area contributed by atoms with Gasteiger partial charge in [0.15, 0.2) is 0 Å². The van der Waals surface area contributed by atoms with Crippen LogP contribution in [-0.2, 0) is 9.59 Å². The van der Waals surface area contributed by atoms with E-state index in [0.717, 1.165) is 5.56 Å². The number of hydrogen-bond acceptors (Lipinski definition) is 3. The van der Waals surface area contributed by atoms with Gasteiger partial charge in [-0.1, -0.05) is 12.2 Å². The van der Waals surface area contributed by atoms with Crippen molar-refractivity contribution in [3.8, 4) is 0 Å². The number of carboxylic acid groups (broad SMARTS) is 1. The van der Waals surface area contributed by atoms with Crippen molar-refractivity contribution in [2.45, 2.75) is 39.7 Å². The number of amides is 1. The lowest BCUT2D eigenvalue weighted by Crippen LogP contribution is -2.39. The third-order valence-corrected chi connectivity index (χ3v) is 4.97. The van der Waals surface area contributed by atoms with Gasteiger partial charge < -0.3 is 10.4 Å². The highest BCUT2D eigenvalue weighted by molar-refractivity contribution is 7.12. The van der Waals surface area contributed by atoms with E-state index in [2.05, 4.69) is 11.4 Å². The van der Waals surface area contributed by atoms with Crippen LogP contribution in [0.4, 0.5) is 0 Å². The molecule has 0 radical (unpaired) electrons. The lowest BCUT2D eigenvalue weighted by Gasteiger charge is -2.26. The predicted molar refractivity (Wildman–Crippen MR) is 83.3 cm³/mol. The molecule has 0 saturated heterocycles. The van der Waals surface area contributed by atoms with E-state index in [9.17, 15) is 14.7 Å². The Morgan fingerprint density at radius 1 is 1.29 bits per heavy atom. The molecule has 1 unspecified atom stereocenters. The summed E-state index contributed by atoms with van der Waals surface area (Å²) in [5, 5.41) is 12.2. The summed E-state index contributed by atoms with van der Waals surface area (Å²) >= 11 is 1.71. The van der Waals surface area contributed by atoms with Gasteiger partial charge in [0.05, 0.1) is 17.9 Å². The molecule has 1 aromatic heterocycles. The lowest BCUT2D eigenvalue weighted by atomic mass is 9.82. The minimum atomic E-state index is -0.894. The van der Waals surface area contributed by atoms with Gasteiger partial charge in [0.2, 0.25) is 5.91 Å². The summed E-state index contributed by atoms with van der Waals surface area (Å²) in [5.41, 5.74) is 1.11. The van der Waals surface area contributed by atoms with Crippen LogP contribution < -0.4 is 5.32 Å². The highest BCUT2D eigenvalue weighted by Crippen LogP contribution is 2.29. The molecule has 5 heteroatoms. The maximum Gasteiger partial charge on any atom is 0.307 e. The average Bonchev–Trinajstić information content (AvgIpc) is 2.77. The number of nitrogens with one attached hydrogen (secondary N) is 1. The monoisotopic (exact) mass is 307 g/mol. The third kappa shape index (κ3) is 3.53. The molecule has 0 saturated carbocycles. The van der Waals surface area contributed by atoms with Crippen molar-refractivity contribution in [3.05, 3.63) is 33.5 Å². The zero-order valence-corrected chi connectivity index (χ0v) is 13.4.